The van der Waals surface area contributed by atoms with Gasteiger partial charge in [0.2, 0.25) is 0 Å². The number of halogens is 1. The summed E-state index contributed by atoms with van der Waals surface area (Å²) in [4.78, 5) is 27.7. The maximum atomic E-state index is 13.8. The van der Waals surface area contributed by atoms with E-state index >= 15 is 0 Å². The van der Waals surface area contributed by atoms with Crippen molar-refractivity contribution in [2.24, 2.45) is 0 Å². The van der Waals surface area contributed by atoms with Gasteiger partial charge in [0.15, 0.2) is 11.5 Å². The van der Waals surface area contributed by atoms with Crippen LogP contribution in [0.4, 0.5) is 10.1 Å². The Bertz CT molecular complexity index is 1410. The number of carbonyl (C=O) groups excluding carboxylic acids is 2. The summed E-state index contributed by atoms with van der Waals surface area (Å²) in [6.07, 6.45) is 0. The number of amides is 1. The lowest BCUT2D eigenvalue weighted by molar-refractivity contribution is -0.132. The first-order valence-corrected chi connectivity index (χ1v) is 10.8. The van der Waals surface area contributed by atoms with E-state index in [-0.39, 0.29) is 34.8 Å². The second-order valence-electron chi connectivity index (χ2n) is 7.95. The van der Waals surface area contributed by atoms with Gasteiger partial charge in [-0.1, -0.05) is 6.07 Å². The molecule has 3 aromatic rings. The molecule has 0 aliphatic carbocycles. The molecule has 1 aliphatic heterocycles. The molecule has 1 amide bonds. The van der Waals surface area contributed by atoms with Crippen molar-refractivity contribution in [1.29, 1.82) is 5.26 Å². The number of aliphatic hydroxyl groups excluding tert-OH is 1. The van der Waals surface area contributed by atoms with Crippen molar-refractivity contribution in [2.45, 2.75) is 19.9 Å². The minimum Gasteiger partial charge on any atom is -0.507 e. The highest BCUT2D eigenvalue weighted by Gasteiger charge is 2.47. The predicted octanol–water partition coefficient (Wildman–Crippen LogP) is 4.74. The van der Waals surface area contributed by atoms with Crippen LogP contribution in [0.2, 0.25) is 0 Å². The number of anilines is 1. The summed E-state index contributed by atoms with van der Waals surface area (Å²) in [7, 11) is 0. The molecular formula is C27H21FN2O5. The van der Waals surface area contributed by atoms with E-state index in [4.69, 9.17) is 10.00 Å². The van der Waals surface area contributed by atoms with E-state index in [0.29, 0.717) is 16.8 Å². The van der Waals surface area contributed by atoms with E-state index in [0.717, 1.165) is 0 Å². The fourth-order valence-electron chi connectivity index (χ4n) is 4.03. The lowest BCUT2D eigenvalue weighted by Crippen LogP contribution is -2.29. The Morgan fingerprint density at radius 1 is 1.11 bits per heavy atom. The molecule has 0 saturated carbocycles. The predicted molar refractivity (Wildman–Crippen MR) is 126 cm³/mol. The van der Waals surface area contributed by atoms with Gasteiger partial charge >= 0.3 is 0 Å². The number of aryl methyl sites for hydroxylation is 1. The quantitative estimate of drug-likeness (QED) is 0.315. The van der Waals surface area contributed by atoms with Crippen molar-refractivity contribution in [1.82, 2.24) is 0 Å². The van der Waals surface area contributed by atoms with Gasteiger partial charge in [-0.05, 0) is 79.6 Å². The SMILES string of the molecule is CCOc1cc(C2/C(=C(/O)c3ccc(F)c(C)c3)C(=O)C(=O)N2c2ccc(C#N)cc2)ccc1O. The molecule has 4 rings (SSSR count). The first kappa shape index (κ1) is 23.5. The van der Waals surface area contributed by atoms with E-state index in [1.807, 2.05) is 6.07 Å². The summed E-state index contributed by atoms with van der Waals surface area (Å²) in [6, 6.07) is 15.3. The van der Waals surface area contributed by atoms with Crippen LogP contribution in [0.1, 0.15) is 35.2 Å². The first-order chi connectivity index (χ1) is 16.8. The van der Waals surface area contributed by atoms with Crippen LogP contribution < -0.4 is 9.64 Å². The van der Waals surface area contributed by atoms with E-state index in [1.165, 1.54) is 72.5 Å². The highest BCUT2D eigenvalue weighted by molar-refractivity contribution is 6.51. The van der Waals surface area contributed by atoms with Gasteiger partial charge in [-0.15, -0.1) is 0 Å². The number of Topliss-reactive ketones (excluding diaryl/α,β-unsaturated/α-hetero) is 1. The van der Waals surface area contributed by atoms with Crippen LogP contribution in [0, 0.1) is 24.1 Å². The van der Waals surface area contributed by atoms with E-state index in [2.05, 4.69) is 0 Å². The number of hydrogen-bond donors (Lipinski definition) is 2. The third-order valence-electron chi connectivity index (χ3n) is 5.75. The Morgan fingerprint density at radius 3 is 2.46 bits per heavy atom. The molecule has 35 heavy (non-hydrogen) atoms. The number of phenolic OH excluding ortho intramolecular Hbond substituents is 1. The number of aliphatic hydroxyl groups is 1. The van der Waals surface area contributed by atoms with E-state index < -0.39 is 29.3 Å². The largest absolute Gasteiger partial charge is 0.507 e. The van der Waals surface area contributed by atoms with Gasteiger partial charge in [-0.2, -0.15) is 5.26 Å². The van der Waals surface area contributed by atoms with Gasteiger partial charge in [0.05, 0.1) is 29.9 Å². The third-order valence-corrected chi connectivity index (χ3v) is 5.75. The van der Waals surface area contributed by atoms with Crippen LogP contribution in [-0.2, 0) is 9.59 Å². The van der Waals surface area contributed by atoms with Crippen LogP contribution in [0.15, 0.2) is 66.2 Å². The molecule has 0 bridgehead atoms. The number of aromatic hydroxyl groups is 1. The minimum absolute atomic E-state index is 0.125. The van der Waals surface area contributed by atoms with Crippen molar-refractivity contribution < 1.29 is 28.9 Å². The van der Waals surface area contributed by atoms with Crippen LogP contribution in [0.3, 0.4) is 0 Å². The summed E-state index contributed by atoms with van der Waals surface area (Å²) in [5, 5.41) is 30.4. The number of nitriles is 1. The zero-order valence-electron chi connectivity index (χ0n) is 18.9. The Morgan fingerprint density at radius 2 is 1.83 bits per heavy atom. The summed E-state index contributed by atoms with van der Waals surface area (Å²) in [5.41, 5.74) is 1.34. The first-order valence-electron chi connectivity index (χ1n) is 10.8. The maximum Gasteiger partial charge on any atom is 0.300 e. The molecule has 1 fully saturated rings. The maximum absolute atomic E-state index is 13.8. The molecular weight excluding hydrogens is 451 g/mol. The van der Waals surface area contributed by atoms with Gasteiger partial charge in [-0.25, -0.2) is 4.39 Å². The topological polar surface area (TPSA) is 111 Å². The smallest absolute Gasteiger partial charge is 0.300 e. The standard InChI is InChI=1S/C27H21FN2O5/c1-3-35-22-13-17(7-11-21(22)31)24-23(25(32)18-6-10-20(28)15(2)12-18)26(33)27(34)30(24)19-8-4-16(14-29)5-9-19/h4-13,24,31-32H,3H2,1-2H3/b25-23-. The highest BCUT2D eigenvalue weighted by Crippen LogP contribution is 2.44. The lowest BCUT2D eigenvalue weighted by atomic mass is 9.94. The zero-order valence-corrected chi connectivity index (χ0v) is 18.9. The van der Waals surface area contributed by atoms with Crippen LogP contribution in [-0.4, -0.2) is 28.5 Å². The number of carbonyl (C=O) groups is 2. The number of benzene rings is 3. The molecule has 176 valence electrons. The Hall–Kier alpha value is -4.64. The van der Waals surface area contributed by atoms with Gasteiger partial charge in [0.25, 0.3) is 11.7 Å². The summed E-state index contributed by atoms with van der Waals surface area (Å²) in [5.74, 6) is -2.72. The molecule has 3 aromatic carbocycles. The number of ether oxygens (including phenoxy) is 1. The average molecular weight is 472 g/mol. The Kier molecular flexibility index (Phi) is 6.26. The molecule has 1 unspecified atom stereocenters. The van der Waals surface area contributed by atoms with Gasteiger partial charge in [0.1, 0.15) is 11.6 Å². The number of ketones is 1. The molecule has 1 aliphatic rings. The summed E-state index contributed by atoms with van der Waals surface area (Å²) in [6.45, 7) is 3.53. The van der Waals surface area contributed by atoms with E-state index in [1.54, 1.807) is 6.92 Å². The molecule has 1 saturated heterocycles. The number of hydrogen-bond acceptors (Lipinski definition) is 6. The van der Waals surface area contributed by atoms with Crippen LogP contribution in [0.5, 0.6) is 11.5 Å². The van der Waals surface area contributed by atoms with Crippen molar-refractivity contribution in [2.75, 3.05) is 11.5 Å². The molecule has 0 radical (unpaired) electrons. The van der Waals surface area contributed by atoms with Crippen molar-refractivity contribution >= 4 is 23.1 Å². The molecule has 7 nitrogen and oxygen atoms in total. The van der Waals surface area contributed by atoms with Gasteiger partial charge < -0.3 is 14.9 Å². The van der Waals surface area contributed by atoms with Crippen LogP contribution in [0.25, 0.3) is 5.76 Å². The summed E-state index contributed by atoms with van der Waals surface area (Å²) >= 11 is 0. The van der Waals surface area contributed by atoms with Crippen molar-refractivity contribution in [3.63, 3.8) is 0 Å². The molecule has 0 aromatic heterocycles. The monoisotopic (exact) mass is 472 g/mol. The minimum atomic E-state index is -1.08. The Balaban J connectivity index is 1.96. The average Bonchev–Trinajstić information content (AvgIpc) is 3.12. The van der Waals surface area contributed by atoms with Crippen molar-refractivity contribution in [3.8, 4) is 17.6 Å². The second-order valence-corrected chi connectivity index (χ2v) is 7.95. The summed E-state index contributed by atoms with van der Waals surface area (Å²) < 4.78 is 19.3. The fraction of sp³-hybridized carbons (Fsp3) is 0.148. The van der Waals surface area contributed by atoms with Gasteiger partial charge in [-0.3, -0.25) is 14.5 Å². The number of nitrogens with zero attached hydrogens (tertiary/aromatic N) is 2. The Labute approximate surface area is 200 Å². The molecule has 1 heterocycles. The normalized spacial score (nSPS) is 16.9. The highest BCUT2D eigenvalue weighted by atomic mass is 19.1. The molecule has 0 spiro atoms. The van der Waals surface area contributed by atoms with E-state index in [9.17, 15) is 24.2 Å². The number of phenols is 1. The number of rotatable bonds is 5. The fourth-order valence-corrected chi connectivity index (χ4v) is 4.03. The third kappa shape index (κ3) is 4.20. The molecule has 2 N–H and O–H groups in total. The molecule has 8 heteroatoms. The zero-order chi connectivity index (χ0) is 25.3. The van der Waals surface area contributed by atoms with Crippen molar-refractivity contribution in [3.05, 3.63) is 94.3 Å². The molecule has 1 atom stereocenters. The lowest BCUT2D eigenvalue weighted by Gasteiger charge is -2.26. The van der Waals surface area contributed by atoms with Crippen LogP contribution >= 0.6 is 0 Å². The second kappa shape index (κ2) is 9.31. The van der Waals surface area contributed by atoms with Gasteiger partial charge in [0, 0.05) is 11.3 Å².